The zero-order chi connectivity index (χ0) is 16.3. The van der Waals surface area contributed by atoms with E-state index in [4.69, 9.17) is 28.6 Å². The zero-order valence-electron chi connectivity index (χ0n) is 12.5. The number of nitrogens with one attached hydrogen (secondary N) is 2. The first-order valence-corrected chi connectivity index (χ1v) is 7.37. The molecule has 0 unspecified atom stereocenters. The van der Waals surface area contributed by atoms with Gasteiger partial charge in [0.15, 0.2) is 5.11 Å². The summed E-state index contributed by atoms with van der Waals surface area (Å²) in [6.07, 6.45) is 0. The van der Waals surface area contributed by atoms with Gasteiger partial charge in [-0.3, -0.25) is 0 Å². The fraction of sp³-hybridized carbons (Fsp3) is 0.188. The van der Waals surface area contributed by atoms with Gasteiger partial charge in [0.2, 0.25) is 0 Å². The maximum Gasteiger partial charge on any atom is 0.175 e. The Morgan fingerprint density at radius 2 is 1.86 bits per heavy atom. The van der Waals surface area contributed by atoms with Gasteiger partial charge >= 0.3 is 0 Å². The fourth-order valence-corrected chi connectivity index (χ4v) is 2.27. The van der Waals surface area contributed by atoms with Crippen LogP contribution in [0.25, 0.3) is 0 Å². The standard InChI is InChI=1S/C16H16ClFN2OS/c1-9-4-5-11(7-13(9)18)19-16(22)20-14-6-10(2)12(17)8-15(14)21-3/h4-8H,1-3H3,(H2,19,20,22). The maximum atomic E-state index is 13.5. The van der Waals surface area contributed by atoms with Gasteiger partial charge in [-0.1, -0.05) is 17.7 Å². The van der Waals surface area contributed by atoms with Crippen molar-refractivity contribution in [2.75, 3.05) is 17.7 Å². The molecule has 0 aliphatic rings. The number of anilines is 2. The van der Waals surface area contributed by atoms with E-state index in [1.807, 2.05) is 13.0 Å². The number of hydrogen-bond donors (Lipinski definition) is 2. The summed E-state index contributed by atoms with van der Waals surface area (Å²) < 4.78 is 18.8. The summed E-state index contributed by atoms with van der Waals surface area (Å²) in [6, 6.07) is 8.40. The first-order valence-electron chi connectivity index (χ1n) is 6.59. The Hall–Kier alpha value is -1.85. The predicted octanol–water partition coefficient (Wildman–Crippen LogP) is 4.91. The maximum absolute atomic E-state index is 13.5. The number of benzene rings is 2. The van der Waals surface area contributed by atoms with Crippen LogP contribution in [-0.4, -0.2) is 12.2 Å². The van der Waals surface area contributed by atoms with Crippen molar-refractivity contribution in [3.05, 3.63) is 52.3 Å². The summed E-state index contributed by atoms with van der Waals surface area (Å²) in [5, 5.41) is 6.91. The SMILES string of the molecule is COc1cc(Cl)c(C)cc1NC(=S)Nc1ccc(C)c(F)c1. The number of rotatable bonds is 3. The molecule has 0 amide bonds. The molecule has 3 nitrogen and oxygen atoms in total. The van der Waals surface area contributed by atoms with Crippen LogP contribution in [0.3, 0.4) is 0 Å². The Bertz CT molecular complexity index is 722. The molecular weight excluding hydrogens is 323 g/mol. The van der Waals surface area contributed by atoms with Gasteiger partial charge in [0.05, 0.1) is 12.8 Å². The molecule has 0 aliphatic carbocycles. The van der Waals surface area contributed by atoms with Crippen molar-refractivity contribution < 1.29 is 9.13 Å². The summed E-state index contributed by atoms with van der Waals surface area (Å²) >= 11 is 11.3. The summed E-state index contributed by atoms with van der Waals surface area (Å²) in [7, 11) is 1.55. The molecule has 0 radical (unpaired) electrons. The molecule has 116 valence electrons. The molecule has 22 heavy (non-hydrogen) atoms. The third-order valence-corrected chi connectivity index (χ3v) is 3.77. The van der Waals surface area contributed by atoms with E-state index in [-0.39, 0.29) is 5.82 Å². The lowest BCUT2D eigenvalue weighted by atomic mass is 10.2. The minimum Gasteiger partial charge on any atom is -0.495 e. The summed E-state index contributed by atoms with van der Waals surface area (Å²) in [4.78, 5) is 0. The van der Waals surface area contributed by atoms with Crippen LogP contribution in [0.1, 0.15) is 11.1 Å². The number of methoxy groups -OCH3 is 1. The van der Waals surface area contributed by atoms with Crippen LogP contribution in [0, 0.1) is 19.7 Å². The lowest BCUT2D eigenvalue weighted by Crippen LogP contribution is -2.19. The number of hydrogen-bond acceptors (Lipinski definition) is 2. The Kier molecular flexibility index (Phi) is 5.21. The van der Waals surface area contributed by atoms with Crippen molar-refractivity contribution in [3.8, 4) is 5.75 Å². The lowest BCUT2D eigenvalue weighted by Gasteiger charge is -2.15. The molecule has 0 saturated heterocycles. The highest BCUT2D eigenvalue weighted by Gasteiger charge is 2.09. The van der Waals surface area contributed by atoms with E-state index in [2.05, 4.69) is 10.6 Å². The molecule has 2 aromatic carbocycles. The van der Waals surface area contributed by atoms with Crippen molar-refractivity contribution >= 4 is 40.3 Å². The van der Waals surface area contributed by atoms with Crippen LogP contribution in [0.4, 0.5) is 15.8 Å². The molecule has 0 saturated carbocycles. The molecule has 2 N–H and O–H groups in total. The minimum atomic E-state index is -0.285. The van der Waals surface area contributed by atoms with Crippen LogP contribution in [0.15, 0.2) is 30.3 Å². The first kappa shape index (κ1) is 16.5. The van der Waals surface area contributed by atoms with Gasteiger partial charge in [-0.05, 0) is 55.4 Å². The second-order valence-corrected chi connectivity index (χ2v) is 5.66. The van der Waals surface area contributed by atoms with Crippen LogP contribution in [-0.2, 0) is 0 Å². The van der Waals surface area contributed by atoms with Crippen molar-refractivity contribution in [1.29, 1.82) is 0 Å². The monoisotopic (exact) mass is 338 g/mol. The number of thiocarbonyl (C=S) groups is 1. The molecule has 0 aromatic heterocycles. The van der Waals surface area contributed by atoms with Crippen molar-refractivity contribution in [3.63, 3.8) is 0 Å². The first-order chi connectivity index (χ1) is 10.4. The van der Waals surface area contributed by atoms with Crippen LogP contribution < -0.4 is 15.4 Å². The third kappa shape index (κ3) is 3.87. The van der Waals surface area contributed by atoms with Crippen LogP contribution in [0.2, 0.25) is 5.02 Å². The molecule has 6 heteroatoms. The molecule has 0 bridgehead atoms. The van der Waals surface area contributed by atoms with Gasteiger partial charge in [0.25, 0.3) is 0 Å². The van der Waals surface area contributed by atoms with Gasteiger partial charge in [0, 0.05) is 16.8 Å². The average Bonchev–Trinajstić information content (AvgIpc) is 2.46. The molecule has 0 spiro atoms. The van der Waals surface area contributed by atoms with E-state index in [1.54, 1.807) is 32.2 Å². The zero-order valence-corrected chi connectivity index (χ0v) is 14.0. The predicted molar refractivity (Wildman–Crippen MR) is 93.7 cm³/mol. The number of halogens is 2. The quantitative estimate of drug-likeness (QED) is 0.779. The largest absolute Gasteiger partial charge is 0.495 e. The number of ether oxygens (including phenoxy) is 1. The Morgan fingerprint density at radius 1 is 1.14 bits per heavy atom. The van der Waals surface area contributed by atoms with Crippen molar-refractivity contribution in [1.82, 2.24) is 0 Å². The van der Waals surface area contributed by atoms with E-state index in [9.17, 15) is 4.39 Å². The molecule has 0 fully saturated rings. The topological polar surface area (TPSA) is 33.3 Å². The molecule has 0 aliphatic heterocycles. The normalized spacial score (nSPS) is 10.2. The van der Waals surface area contributed by atoms with Crippen molar-refractivity contribution in [2.24, 2.45) is 0 Å². The second-order valence-electron chi connectivity index (χ2n) is 4.84. The minimum absolute atomic E-state index is 0.285. The molecule has 0 atom stereocenters. The van der Waals surface area contributed by atoms with Gasteiger partial charge in [0.1, 0.15) is 11.6 Å². The smallest absolute Gasteiger partial charge is 0.175 e. The van der Waals surface area contributed by atoms with E-state index in [0.29, 0.717) is 32.8 Å². The van der Waals surface area contributed by atoms with E-state index in [1.165, 1.54) is 6.07 Å². The highest BCUT2D eigenvalue weighted by Crippen LogP contribution is 2.31. The third-order valence-electron chi connectivity index (χ3n) is 3.16. The van der Waals surface area contributed by atoms with Crippen LogP contribution in [0.5, 0.6) is 5.75 Å². The van der Waals surface area contributed by atoms with Gasteiger partial charge in [-0.25, -0.2) is 4.39 Å². The lowest BCUT2D eigenvalue weighted by molar-refractivity contribution is 0.417. The van der Waals surface area contributed by atoms with E-state index >= 15 is 0 Å². The average molecular weight is 339 g/mol. The van der Waals surface area contributed by atoms with Gasteiger partial charge in [-0.15, -0.1) is 0 Å². The van der Waals surface area contributed by atoms with Crippen LogP contribution >= 0.6 is 23.8 Å². The summed E-state index contributed by atoms with van der Waals surface area (Å²) in [5.74, 6) is 0.294. The number of aryl methyl sites for hydroxylation is 2. The Balaban J connectivity index is 2.15. The Labute approximate surface area is 139 Å². The molecule has 2 rings (SSSR count). The fourth-order valence-electron chi connectivity index (χ4n) is 1.89. The van der Waals surface area contributed by atoms with Gasteiger partial charge in [-0.2, -0.15) is 0 Å². The Morgan fingerprint density at radius 3 is 2.50 bits per heavy atom. The highest BCUT2D eigenvalue weighted by atomic mass is 35.5. The molecule has 0 heterocycles. The summed E-state index contributed by atoms with van der Waals surface area (Å²) in [6.45, 7) is 3.59. The molecule has 2 aromatic rings. The second kappa shape index (κ2) is 6.94. The summed E-state index contributed by atoms with van der Waals surface area (Å²) in [5.41, 5.74) is 2.74. The highest BCUT2D eigenvalue weighted by molar-refractivity contribution is 7.80. The van der Waals surface area contributed by atoms with Crippen molar-refractivity contribution in [2.45, 2.75) is 13.8 Å². The molecular formula is C16H16ClFN2OS. The van der Waals surface area contributed by atoms with Gasteiger partial charge < -0.3 is 15.4 Å². The van der Waals surface area contributed by atoms with E-state index in [0.717, 1.165) is 5.56 Å². The van der Waals surface area contributed by atoms with E-state index < -0.39 is 0 Å².